The van der Waals surface area contributed by atoms with E-state index in [0.29, 0.717) is 12.1 Å². The number of nitrogens with one attached hydrogen (secondary N) is 1. The summed E-state index contributed by atoms with van der Waals surface area (Å²) in [4.78, 5) is 5.93. The number of nitrogens with zero attached hydrogens (tertiary/aromatic N) is 1. The molecule has 0 spiro atoms. The Hall–Kier alpha value is -2.20. The van der Waals surface area contributed by atoms with E-state index in [2.05, 4.69) is 36.3 Å². The lowest BCUT2D eigenvalue weighted by Crippen LogP contribution is -2.01. The van der Waals surface area contributed by atoms with Gasteiger partial charge in [0, 0.05) is 28.2 Å². The largest absolute Gasteiger partial charge is 0.381 e. The molecule has 2 nitrogen and oxygen atoms in total. The molecule has 1 N–H and O–H groups in total. The molecule has 0 atom stereocenters. The summed E-state index contributed by atoms with van der Waals surface area (Å²) < 4.78 is 13.6. The Bertz CT molecular complexity index is 794. The molecule has 2 aromatic carbocycles. The van der Waals surface area contributed by atoms with Crippen LogP contribution in [-0.4, -0.2) is 4.98 Å². The van der Waals surface area contributed by atoms with Gasteiger partial charge in [-0.2, -0.15) is 0 Å². The standard InChI is InChI=1S/C19H19FN2S.C2H6/c1-3-18-22-19(13(2)23-18)14-8-10-16(11-9-14)21-12-15-6-4-5-7-17(15)20;1-2/h4-11,21H,3,12H2,1-2H3;1-2H3. The minimum Gasteiger partial charge on any atom is -0.381 e. The molecule has 0 radical (unpaired) electrons. The van der Waals surface area contributed by atoms with Gasteiger partial charge >= 0.3 is 0 Å². The van der Waals surface area contributed by atoms with Gasteiger partial charge in [-0.25, -0.2) is 9.37 Å². The Morgan fingerprint density at radius 2 is 1.72 bits per heavy atom. The van der Waals surface area contributed by atoms with Crippen molar-refractivity contribution < 1.29 is 4.39 Å². The third-order valence-electron chi connectivity index (χ3n) is 3.74. The lowest BCUT2D eigenvalue weighted by Gasteiger charge is -2.08. The Balaban J connectivity index is 0.00000109. The summed E-state index contributed by atoms with van der Waals surface area (Å²) in [6.45, 7) is 8.70. The molecule has 1 aromatic heterocycles. The number of hydrogen-bond donors (Lipinski definition) is 1. The fourth-order valence-corrected chi connectivity index (χ4v) is 3.35. The van der Waals surface area contributed by atoms with Gasteiger partial charge in [-0.1, -0.05) is 51.1 Å². The third kappa shape index (κ3) is 4.89. The zero-order valence-corrected chi connectivity index (χ0v) is 16.1. The topological polar surface area (TPSA) is 24.9 Å². The van der Waals surface area contributed by atoms with E-state index in [1.165, 1.54) is 16.0 Å². The number of thiazole rings is 1. The van der Waals surface area contributed by atoms with E-state index >= 15 is 0 Å². The molecular formula is C21H25FN2S. The maximum absolute atomic E-state index is 13.6. The zero-order chi connectivity index (χ0) is 18.2. The van der Waals surface area contributed by atoms with E-state index in [0.717, 1.165) is 23.4 Å². The smallest absolute Gasteiger partial charge is 0.128 e. The number of hydrogen-bond acceptors (Lipinski definition) is 3. The first kappa shape index (κ1) is 19.1. The molecule has 0 aliphatic carbocycles. The van der Waals surface area contributed by atoms with E-state index in [1.54, 1.807) is 23.5 Å². The fraction of sp³-hybridized carbons (Fsp3) is 0.286. The number of aryl methyl sites for hydroxylation is 2. The highest BCUT2D eigenvalue weighted by Crippen LogP contribution is 2.28. The van der Waals surface area contributed by atoms with Crippen LogP contribution in [0.15, 0.2) is 48.5 Å². The molecule has 0 aliphatic heterocycles. The fourth-order valence-electron chi connectivity index (χ4n) is 2.46. The summed E-state index contributed by atoms with van der Waals surface area (Å²) in [5, 5.41) is 4.42. The quantitative estimate of drug-likeness (QED) is 0.567. The summed E-state index contributed by atoms with van der Waals surface area (Å²) in [5.74, 6) is -0.179. The Labute approximate surface area is 153 Å². The first-order valence-electron chi connectivity index (χ1n) is 8.71. The first-order valence-corrected chi connectivity index (χ1v) is 9.53. The van der Waals surface area contributed by atoms with Crippen LogP contribution in [0.4, 0.5) is 10.1 Å². The molecule has 0 amide bonds. The van der Waals surface area contributed by atoms with Crippen molar-refractivity contribution in [3.8, 4) is 11.3 Å². The van der Waals surface area contributed by atoms with E-state index in [1.807, 2.05) is 32.0 Å². The molecule has 0 bridgehead atoms. The van der Waals surface area contributed by atoms with Crippen molar-refractivity contribution in [2.45, 2.75) is 40.7 Å². The molecule has 0 aliphatic rings. The second kappa shape index (κ2) is 9.33. The highest BCUT2D eigenvalue weighted by molar-refractivity contribution is 7.12. The second-order valence-electron chi connectivity index (χ2n) is 5.39. The maximum atomic E-state index is 13.6. The SMILES string of the molecule is CC.CCc1nc(-c2ccc(NCc3ccccc3F)cc2)c(C)s1. The van der Waals surface area contributed by atoms with Crippen molar-refractivity contribution in [1.29, 1.82) is 0 Å². The van der Waals surface area contributed by atoms with Crippen LogP contribution in [0, 0.1) is 12.7 Å². The number of anilines is 1. The molecule has 4 heteroatoms. The van der Waals surface area contributed by atoms with Gasteiger partial charge in [0.2, 0.25) is 0 Å². The molecule has 1 heterocycles. The highest BCUT2D eigenvalue weighted by Gasteiger charge is 2.08. The highest BCUT2D eigenvalue weighted by atomic mass is 32.1. The molecular weight excluding hydrogens is 331 g/mol. The summed E-state index contributed by atoms with van der Waals surface area (Å²) in [7, 11) is 0. The lowest BCUT2D eigenvalue weighted by molar-refractivity contribution is 0.613. The van der Waals surface area contributed by atoms with E-state index in [9.17, 15) is 4.39 Å². The van der Waals surface area contributed by atoms with E-state index in [-0.39, 0.29) is 5.82 Å². The molecule has 3 aromatic rings. The van der Waals surface area contributed by atoms with Crippen molar-refractivity contribution in [3.63, 3.8) is 0 Å². The summed E-state index contributed by atoms with van der Waals surface area (Å²) in [6, 6.07) is 15.0. The van der Waals surface area contributed by atoms with Crippen LogP contribution in [0.2, 0.25) is 0 Å². The molecule has 0 fully saturated rings. The summed E-state index contributed by atoms with van der Waals surface area (Å²) in [5.41, 5.74) is 3.82. The van der Waals surface area contributed by atoms with Crippen molar-refractivity contribution >= 4 is 17.0 Å². The van der Waals surface area contributed by atoms with Gasteiger partial charge in [-0.15, -0.1) is 11.3 Å². The molecule has 0 saturated heterocycles. The minimum atomic E-state index is -0.179. The number of benzene rings is 2. The van der Waals surface area contributed by atoms with Gasteiger partial charge < -0.3 is 5.32 Å². The van der Waals surface area contributed by atoms with Crippen LogP contribution < -0.4 is 5.32 Å². The average molecular weight is 357 g/mol. The monoisotopic (exact) mass is 356 g/mol. The lowest BCUT2D eigenvalue weighted by atomic mass is 10.1. The predicted octanol–water partition coefficient (Wildman–Crippen LogP) is 6.46. The summed E-state index contributed by atoms with van der Waals surface area (Å²) >= 11 is 1.75. The van der Waals surface area contributed by atoms with Gasteiger partial charge in [-0.05, 0) is 31.5 Å². The number of aromatic nitrogens is 1. The number of halogens is 1. The van der Waals surface area contributed by atoms with Crippen molar-refractivity contribution in [2.24, 2.45) is 0 Å². The average Bonchev–Trinajstić information content (AvgIpc) is 3.04. The summed E-state index contributed by atoms with van der Waals surface area (Å²) in [6.07, 6.45) is 0.966. The van der Waals surface area contributed by atoms with Crippen LogP contribution >= 0.6 is 11.3 Å². The minimum absolute atomic E-state index is 0.179. The van der Waals surface area contributed by atoms with Crippen LogP contribution in [0.3, 0.4) is 0 Å². The van der Waals surface area contributed by atoms with Gasteiger partial charge in [-0.3, -0.25) is 0 Å². The van der Waals surface area contributed by atoms with Crippen LogP contribution in [-0.2, 0) is 13.0 Å². The zero-order valence-electron chi connectivity index (χ0n) is 15.3. The van der Waals surface area contributed by atoms with E-state index in [4.69, 9.17) is 0 Å². The van der Waals surface area contributed by atoms with Crippen LogP contribution in [0.5, 0.6) is 0 Å². The molecule has 3 rings (SSSR count). The Morgan fingerprint density at radius 1 is 1.04 bits per heavy atom. The van der Waals surface area contributed by atoms with Gasteiger partial charge in [0.25, 0.3) is 0 Å². The van der Waals surface area contributed by atoms with E-state index < -0.39 is 0 Å². The molecule has 0 saturated carbocycles. The second-order valence-corrected chi connectivity index (χ2v) is 6.68. The first-order chi connectivity index (χ1) is 12.2. The molecule has 0 unspecified atom stereocenters. The number of rotatable bonds is 5. The normalized spacial score (nSPS) is 10.1. The van der Waals surface area contributed by atoms with Crippen molar-refractivity contribution in [1.82, 2.24) is 4.98 Å². The van der Waals surface area contributed by atoms with Gasteiger partial charge in [0.15, 0.2) is 0 Å². The van der Waals surface area contributed by atoms with Crippen molar-refractivity contribution in [3.05, 3.63) is 69.8 Å². The molecule has 25 heavy (non-hydrogen) atoms. The third-order valence-corrected chi connectivity index (χ3v) is 4.86. The maximum Gasteiger partial charge on any atom is 0.128 e. The Morgan fingerprint density at radius 3 is 2.32 bits per heavy atom. The van der Waals surface area contributed by atoms with Crippen LogP contribution in [0.25, 0.3) is 11.3 Å². The van der Waals surface area contributed by atoms with Crippen LogP contribution in [0.1, 0.15) is 36.2 Å². The van der Waals surface area contributed by atoms with Gasteiger partial charge in [0.1, 0.15) is 5.82 Å². The van der Waals surface area contributed by atoms with Gasteiger partial charge in [0.05, 0.1) is 10.7 Å². The molecule has 132 valence electrons. The predicted molar refractivity (Wildman–Crippen MR) is 107 cm³/mol. The Kier molecular flexibility index (Phi) is 7.14. The van der Waals surface area contributed by atoms with Crippen molar-refractivity contribution in [2.75, 3.05) is 5.32 Å².